The molecule has 116 valence electrons. The lowest BCUT2D eigenvalue weighted by Crippen LogP contribution is -2.39. The molecule has 0 radical (unpaired) electrons. The number of H-pyrrole nitrogens is 1. The molecule has 1 aliphatic heterocycles. The van der Waals surface area contributed by atoms with Crippen molar-refractivity contribution in [2.24, 2.45) is 5.41 Å². The summed E-state index contributed by atoms with van der Waals surface area (Å²) in [6, 6.07) is 3.77. The second-order valence-corrected chi connectivity index (χ2v) is 6.69. The first-order valence-electron chi connectivity index (χ1n) is 7.60. The summed E-state index contributed by atoms with van der Waals surface area (Å²) in [5, 5.41) is 7.27. The zero-order valence-electron chi connectivity index (χ0n) is 13.2. The molecule has 0 aliphatic carbocycles. The van der Waals surface area contributed by atoms with Crippen LogP contribution in [0.5, 0.6) is 0 Å². The highest BCUT2D eigenvalue weighted by Crippen LogP contribution is 2.34. The molecule has 2 aromatic heterocycles. The summed E-state index contributed by atoms with van der Waals surface area (Å²) < 4.78 is 0. The highest BCUT2D eigenvalue weighted by molar-refractivity contribution is 5.82. The minimum atomic E-state index is -0.380. The lowest BCUT2D eigenvalue weighted by atomic mass is 9.94. The summed E-state index contributed by atoms with van der Waals surface area (Å²) >= 11 is 0. The fourth-order valence-electron chi connectivity index (χ4n) is 2.77. The second kappa shape index (κ2) is 5.51. The Labute approximate surface area is 130 Å². The summed E-state index contributed by atoms with van der Waals surface area (Å²) in [6.45, 7) is 6.63. The molecule has 1 saturated heterocycles. The Bertz CT molecular complexity index is 659. The molecule has 22 heavy (non-hydrogen) atoms. The highest BCUT2D eigenvalue weighted by atomic mass is 16.2. The van der Waals surface area contributed by atoms with Crippen molar-refractivity contribution in [3.05, 3.63) is 30.4 Å². The van der Waals surface area contributed by atoms with E-state index in [1.807, 2.05) is 37.8 Å². The van der Waals surface area contributed by atoms with Crippen LogP contribution >= 0.6 is 0 Å². The van der Waals surface area contributed by atoms with Gasteiger partial charge in [-0.15, -0.1) is 0 Å². The first-order valence-corrected chi connectivity index (χ1v) is 7.60. The number of carbonyl (C=O) groups is 1. The zero-order chi connectivity index (χ0) is 15.7. The lowest BCUT2D eigenvalue weighted by Gasteiger charge is -2.29. The molecule has 1 atom stereocenters. The van der Waals surface area contributed by atoms with Crippen molar-refractivity contribution < 1.29 is 4.79 Å². The third-order valence-electron chi connectivity index (χ3n) is 3.89. The van der Waals surface area contributed by atoms with E-state index in [0.717, 1.165) is 30.8 Å². The van der Waals surface area contributed by atoms with Gasteiger partial charge in [-0.05, 0) is 25.0 Å². The molecule has 1 N–H and O–H groups in total. The van der Waals surface area contributed by atoms with Gasteiger partial charge in [-0.25, -0.2) is 4.98 Å². The molecule has 0 unspecified atom stereocenters. The predicted molar refractivity (Wildman–Crippen MR) is 82.8 cm³/mol. The topological polar surface area (TPSA) is 74.8 Å². The van der Waals surface area contributed by atoms with E-state index in [0.29, 0.717) is 5.82 Å². The van der Waals surface area contributed by atoms with E-state index in [1.165, 1.54) is 0 Å². The van der Waals surface area contributed by atoms with Crippen molar-refractivity contribution in [3.63, 3.8) is 0 Å². The van der Waals surface area contributed by atoms with Crippen LogP contribution < -0.4 is 0 Å². The van der Waals surface area contributed by atoms with E-state index < -0.39 is 0 Å². The van der Waals surface area contributed by atoms with Gasteiger partial charge in [0.25, 0.3) is 0 Å². The first kappa shape index (κ1) is 14.7. The van der Waals surface area contributed by atoms with Crippen molar-refractivity contribution in [1.82, 2.24) is 25.1 Å². The summed E-state index contributed by atoms with van der Waals surface area (Å²) in [5.41, 5.74) is 0.492. The Hall–Kier alpha value is -2.24. The van der Waals surface area contributed by atoms with E-state index in [9.17, 15) is 4.79 Å². The van der Waals surface area contributed by atoms with Gasteiger partial charge < -0.3 is 4.90 Å². The number of hydrogen-bond donors (Lipinski definition) is 1. The quantitative estimate of drug-likeness (QED) is 0.925. The predicted octanol–water partition coefficient (Wildman–Crippen LogP) is 2.58. The lowest BCUT2D eigenvalue weighted by molar-refractivity contribution is -0.140. The molecule has 6 nitrogen and oxygen atoms in total. The number of aromatic amines is 1. The Balaban J connectivity index is 1.85. The van der Waals surface area contributed by atoms with Crippen LogP contribution in [-0.2, 0) is 4.79 Å². The van der Waals surface area contributed by atoms with E-state index in [1.54, 1.807) is 12.4 Å². The number of hydrogen-bond acceptors (Lipinski definition) is 4. The van der Waals surface area contributed by atoms with Crippen LogP contribution in [-0.4, -0.2) is 37.5 Å². The monoisotopic (exact) mass is 299 g/mol. The van der Waals surface area contributed by atoms with E-state index in [2.05, 4.69) is 20.2 Å². The van der Waals surface area contributed by atoms with Gasteiger partial charge in [0.1, 0.15) is 5.82 Å². The third-order valence-corrected chi connectivity index (χ3v) is 3.89. The maximum absolute atomic E-state index is 12.6. The summed E-state index contributed by atoms with van der Waals surface area (Å²) in [7, 11) is 0. The van der Waals surface area contributed by atoms with Crippen molar-refractivity contribution in [3.8, 4) is 11.4 Å². The zero-order valence-corrected chi connectivity index (χ0v) is 13.2. The van der Waals surface area contributed by atoms with Gasteiger partial charge in [0.15, 0.2) is 5.82 Å². The average molecular weight is 299 g/mol. The number of amides is 1. The van der Waals surface area contributed by atoms with Gasteiger partial charge in [0, 0.05) is 29.9 Å². The molecular formula is C16H21N5O. The highest BCUT2D eigenvalue weighted by Gasteiger charge is 2.37. The van der Waals surface area contributed by atoms with Crippen LogP contribution in [0.3, 0.4) is 0 Å². The summed E-state index contributed by atoms with van der Waals surface area (Å²) in [4.78, 5) is 23.2. The molecule has 0 aromatic carbocycles. The number of nitrogens with zero attached hydrogens (tertiary/aromatic N) is 4. The average Bonchev–Trinajstić information content (AvgIpc) is 3.15. The Morgan fingerprint density at radius 2 is 2.23 bits per heavy atom. The molecule has 6 heteroatoms. The maximum atomic E-state index is 12.6. The number of nitrogens with one attached hydrogen (secondary N) is 1. The first-order chi connectivity index (χ1) is 10.5. The van der Waals surface area contributed by atoms with Crippen molar-refractivity contribution in [2.45, 2.75) is 39.7 Å². The molecule has 0 saturated carbocycles. The number of likely N-dealkylation sites (tertiary alicyclic amines) is 1. The molecule has 1 aliphatic rings. The van der Waals surface area contributed by atoms with Crippen LogP contribution in [0.2, 0.25) is 0 Å². The molecule has 0 bridgehead atoms. The number of pyridine rings is 1. The molecule has 3 heterocycles. The molecular weight excluding hydrogens is 278 g/mol. The molecule has 1 fully saturated rings. The number of carbonyl (C=O) groups excluding carboxylic acids is 1. The van der Waals surface area contributed by atoms with Crippen molar-refractivity contribution >= 4 is 5.91 Å². The van der Waals surface area contributed by atoms with Crippen molar-refractivity contribution in [2.75, 3.05) is 6.54 Å². The smallest absolute Gasteiger partial charge is 0.228 e. The third kappa shape index (κ3) is 2.73. The largest absolute Gasteiger partial charge is 0.332 e. The van der Waals surface area contributed by atoms with Gasteiger partial charge in [-0.2, -0.15) is 5.10 Å². The van der Waals surface area contributed by atoms with Gasteiger partial charge in [0.2, 0.25) is 5.91 Å². The van der Waals surface area contributed by atoms with Gasteiger partial charge in [0.05, 0.1) is 6.04 Å². The Morgan fingerprint density at radius 3 is 2.91 bits per heavy atom. The van der Waals surface area contributed by atoms with Gasteiger partial charge in [-0.1, -0.05) is 20.8 Å². The second-order valence-electron chi connectivity index (χ2n) is 6.69. The van der Waals surface area contributed by atoms with E-state index in [4.69, 9.17) is 0 Å². The standard InChI is InChI=1S/C16H21N5O/c1-16(2,3)15(22)21-9-5-7-12(21)14-18-13(19-20-14)11-6-4-8-17-10-11/h4,6,8,10,12H,5,7,9H2,1-3H3,(H,18,19,20)/t12-/m1/s1. The van der Waals surface area contributed by atoms with Crippen LogP contribution in [0, 0.1) is 5.41 Å². The molecule has 2 aromatic rings. The number of rotatable bonds is 2. The van der Waals surface area contributed by atoms with E-state index in [-0.39, 0.29) is 17.4 Å². The summed E-state index contributed by atoms with van der Waals surface area (Å²) in [6.07, 6.45) is 5.37. The van der Waals surface area contributed by atoms with Crippen LogP contribution in [0.15, 0.2) is 24.5 Å². The molecule has 1 amide bonds. The Kier molecular flexibility index (Phi) is 3.68. The fraction of sp³-hybridized carbons (Fsp3) is 0.500. The minimum Gasteiger partial charge on any atom is -0.332 e. The van der Waals surface area contributed by atoms with Crippen LogP contribution in [0.1, 0.15) is 45.5 Å². The van der Waals surface area contributed by atoms with Crippen LogP contribution in [0.4, 0.5) is 0 Å². The Morgan fingerprint density at radius 1 is 1.41 bits per heavy atom. The van der Waals surface area contributed by atoms with E-state index >= 15 is 0 Å². The fourth-order valence-corrected chi connectivity index (χ4v) is 2.77. The molecule has 3 rings (SSSR count). The van der Waals surface area contributed by atoms with Gasteiger partial charge >= 0.3 is 0 Å². The summed E-state index contributed by atoms with van der Waals surface area (Å²) in [5.74, 6) is 1.54. The van der Waals surface area contributed by atoms with Crippen molar-refractivity contribution in [1.29, 1.82) is 0 Å². The van der Waals surface area contributed by atoms with Gasteiger partial charge in [-0.3, -0.25) is 14.9 Å². The maximum Gasteiger partial charge on any atom is 0.228 e. The SMILES string of the molecule is CC(C)(C)C(=O)N1CCC[C@@H]1c1nc(-c2cccnc2)n[nH]1. The molecule has 0 spiro atoms. The normalized spacial score (nSPS) is 18.7. The minimum absolute atomic E-state index is 0.00959. The van der Waals surface area contributed by atoms with Crippen LogP contribution in [0.25, 0.3) is 11.4 Å². The number of aromatic nitrogens is 4.